The van der Waals surface area contributed by atoms with E-state index >= 15 is 0 Å². The van der Waals surface area contributed by atoms with Crippen molar-refractivity contribution in [2.75, 3.05) is 0 Å². The normalized spacial score (nSPS) is 11.9. The number of benzene rings is 2. The van der Waals surface area contributed by atoms with Gasteiger partial charge < -0.3 is 10.8 Å². The number of aryl methyl sites for hydroxylation is 2. The number of carbonyl (C=O) groups excluding carboxylic acids is 1. The van der Waals surface area contributed by atoms with Gasteiger partial charge in [0.05, 0.1) is 23.0 Å². The lowest BCUT2D eigenvalue weighted by Gasteiger charge is -2.13. The molecule has 0 bridgehead atoms. The Hall–Kier alpha value is -3.32. The molecule has 6 nitrogen and oxygen atoms in total. The van der Waals surface area contributed by atoms with Crippen LogP contribution in [0.15, 0.2) is 36.4 Å². The zero-order chi connectivity index (χ0) is 22.2. The molecule has 3 N–H and O–H groups in total. The molecule has 0 radical (unpaired) electrons. The summed E-state index contributed by atoms with van der Waals surface area (Å²) >= 11 is 6.31. The first-order valence-corrected chi connectivity index (χ1v) is 9.45. The molecule has 1 amide bonds. The van der Waals surface area contributed by atoms with E-state index in [1.54, 1.807) is 45.0 Å². The van der Waals surface area contributed by atoms with Crippen LogP contribution in [0.4, 0.5) is 4.39 Å². The summed E-state index contributed by atoms with van der Waals surface area (Å²) in [6.07, 6.45) is 0. The van der Waals surface area contributed by atoms with Gasteiger partial charge in [-0.05, 0) is 38.5 Å². The van der Waals surface area contributed by atoms with Crippen molar-refractivity contribution >= 4 is 23.5 Å². The van der Waals surface area contributed by atoms with Gasteiger partial charge in [-0.1, -0.05) is 35.9 Å². The van der Waals surface area contributed by atoms with Crippen LogP contribution in [0.2, 0.25) is 5.02 Å². The standard InChI is InChI=1S/C22H19ClFN3O3/c1-10(22(29)30)13-4-6-15(17(23)8-13)16-7-5-14(9-18(16)24)19-11(2)26-12(3)20(27-19)21(25)28/h4-10H,1-3H3,(H2,25,28)(H,29,30)/t10-/m1/s1. The quantitative estimate of drug-likeness (QED) is 0.623. The van der Waals surface area contributed by atoms with E-state index in [9.17, 15) is 14.0 Å². The first kappa shape index (κ1) is 21.4. The molecule has 0 unspecified atom stereocenters. The first-order chi connectivity index (χ1) is 14.1. The Balaban J connectivity index is 2.04. The Morgan fingerprint density at radius 3 is 2.30 bits per heavy atom. The summed E-state index contributed by atoms with van der Waals surface area (Å²) in [5.74, 6) is -2.96. The Kier molecular flexibility index (Phi) is 5.85. The summed E-state index contributed by atoms with van der Waals surface area (Å²) in [5, 5.41) is 9.39. The second-order valence-electron chi connectivity index (χ2n) is 6.95. The van der Waals surface area contributed by atoms with Crippen LogP contribution >= 0.6 is 11.6 Å². The zero-order valence-electron chi connectivity index (χ0n) is 16.5. The number of hydrogen-bond donors (Lipinski definition) is 2. The lowest BCUT2D eigenvalue weighted by Crippen LogP contribution is -2.17. The third-order valence-corrected chi connectivity index (χ3v) is 5.19. The van der Waals surface area contributed by atoms with Gasteiger partial charge in [0, 0.05) is 21.7 Å². The fourth-order valence-corrected chi connectivity index (χ4v) is 3.47. The van der Waals surface area contributed by atoms with E-state index in [0.29, 0.717) is 33.8 Å². The van der Waals surface area contributed by atoms with E-state index in [2.05, 4.69) is 9.97 Å². The second kappa shape index (κ2) is 8.20. The summed E-state index contributed by atoms with van der Waals surface area (Å²) in [6.45, 7) is 4.89. The van der Waals surface area contributed by atoms with Gasteiger partial charge in [0.15, 0.2) is 0 Å². The Morgan fingerprint density at radius 2 is 1.73 bits per heavy atom. The first-order valence-electron chi connectivity index (χ1n) is 9.07. The highest BCUT2D eigenvalue weighted by molar-refractivity contribution is 6.33. The molecule has 0 saturated heterocycles. The lowest BCUT2D eigenvalue weighted by molar-refractivity contribution is -0.138. The number of nitrogens with zero attached hydrogens (tertiary/aromatic N) is 2. The number of carboxylic acids is 1. The predicted octanol–water partition coefficient (Wildman–Crippen LogP) is 4.51. The summed E-state index contributed by atoms with van der Waals surface area (Å²) in [6, 6.07) is 9.23. The number of nitrogens with two attached hydrogens (primary N) is 1. The number of carboxylic acid groups (broad SMARTS) is 1. The van der Waals surface area contributed by atoms with Gasteiger partial charge in [0.2, 0.25) is 0 Å². The molecule has 0 aliphatic carbocycles. The van der Waals surface area contributed by atoms with Crippen molar-refractivity contribution in [3.8, 4) is 22.4 Å². The molecule has 154 valence electrons. The third kappa shape index (κ3) is 4.02. The van der Waals surface area contributed by atoms with E-state index in [-0.39, 0.29) is 16.3 Å². The predicted molar refractivity (Wildman–Crippen MR) is 112 cm³/mol. The van der Waals surface area contributed by atoms with Crippen LogP contribution in [0.1, 0.15) is 40.3 Å². The van der Waals surface area contributed by atoms with Crippen LogP contribution in [-0.4, -0.2) is 27.0 Å². The van der Waals surface area contributed by atoms with Crippen molar-refractivity contribution in [3.63, 3.8) is 0 Å². The van der Waals surface area contributed by atoms with Crippen molar-refractivity contribution in [1.29, 1.82) is 0 Å². The summed E-state index contributed by atoms with van der Waals surface area (Å²) < 4.78 is 15.0. The van der Waals surface area contributed by atoms with Gasteiger partial charge in [-0.2, -0.15) is 0 Å². The molecule has 1 atom stereocenters. The van der Waals surface area contributed by atoms with Gasteiger partial charge in [0.25, 0.3) is 5.91 Å². The van der Waals surface area contributed by atoms with Crippen LogP contribution in [0.3, 0.4) is 0 Å². The van der Waals surface area contributed by atoms with Gasteiger partial charge in [-0.25, -0.2) is 9.37 Å². The molecular weight excluding hydrogens is 409 g/mol. The van der Waals surface area contributed by atoms with Gasteiger partial charge >= 0.3 is 5.97 Å². The molecule has 0 spiro atoms. The number of halogens is 2. The SMILES string of the molecule is Cc1nc(C)c(-c2ccc(-c3ccc([C@@H](C)C(=O)O)cc3Cl)c(F)c2)nc1C(N)=O. The summed E-state index contributed by atoms with van der Waals surface area (Å²) in [7, 11) is 0. The maximum Gasteiger partial charge on any atom is 0.310 e. The van der Waals surface area contributed by atoms with Crippen LogP contribution in [-0.2, 0) is 4.79 Å². The number of amides is 1. The minimum absolute atomic E-state index is 0.0336. The average molecular weight is 428 g/mol. The van der Waals surface area contributed by atoms with Crippen molar-refractivity contribution in [1.82, 2.24) is 9.97 Å². The van der Waals surface area contributed by atoms with Crippen LogP contribution in [0, 0.1) is 19.7 Å². The molecule has 3 rings (SSSR count). The molecule has 0 aliphatic rings. The van der Waals surface area contributed by atoms with Crippen molar-refractivity contribution < 1.29 is 19.1 Å². The highest BCUT2D eigenvalue weighted by atomic mass is 35.5. The highest BCUT2D eigenvalue weighted by Crippen LogP contribution is 2.34. The molecular formula is C22H19ClFN3O3. The molecule has 1 heterocycles. The lowest BCUT2D eigenvalue weighted by atomic mass is 9.96. The molecule has 8 heteroatoms. The Labute approximate surface area is 177 Å². The summed E-state index contributed by atoms with van der Waals surface area (Å²) in [4.78, 5) is 31.3. The summed E-state index contributed by atoms with van der Waals surface area (Å²) in [5.41, 5.74) is 8.34. The van der Waals surface area contributed by atoms with E-state index in [1.165, 1.54) is 12.1 Å². The highest BCUT2D eigenvalue weighted by Gasteiger charge is 2.18. The van der Waals surface area contributed by atoms with Gasteiger partial charge in [0.1, 0.15) is 11.5 Å². The monoisotopic (exact) mass is 427 g/mol. The van der Waals surface area contributed by atoms with Gasteiger partial charge in [-0.3, -0.25) is 14.6 Å². The minimum atomic E-state index is -0.973. The number of aliphatic carboxylic acids is 1. The number of hydrogen-bond acceptors (Lipinski definition) is 4. The minimum Gasteiger partial charge on any atom is -0.481 e. The number of rotatable bonds is 5. The Morgan fingerprint density at radius 1 is 1.07 bits per heavy atom. The molecule has 1 aromatic heterocycles. The number of carbonyl (C=O) groups is 2. The van der Waals surface area contributed by atoms with Crippen molar-refractivity contribution in [2.24, 2.45) is 5.73 Å². The van der Waals surface area contributed by atoms with Crippen LogP contribution < -0.4 is 5.73 Å². The van der Waals surface area contributed by atoms with Crippen LogP contribution in [0.5, 0.6) is 0 Å². The topological polar surface area (TPSA) is 106 Å². The van der Waals surface area contributed by atoms with Gasteiger partial charge in [-0.15, -0.1) is 0 Å². The number of primary amides is 1. The van der Waals surface area contributed by atoms with Crippen molar-refractivity contribution in [2.45, 2.75) is 26.7 Å². The zero-order valence-corrected chi connectivity index (χ0v) is 17.3. The molecule has 0 aliphatic heterocycles. The van der Waals surface area contributed by atoms with E-state index < -0.39 is 23.6 Å². The molecule has 0 saturated carbocycles. The fraction of sp³-hybridized carbons (Fsp3) is 0.182. The van der Waals surface area contributed by atoms with E-state index in [1.807, 2.05) is 0 Å². The maximum absolute atomic E-state index is 15.0. The average Bonchev–Trinajstić information content (AvgIpc) is 2.67. The molecule has 0 fully saturated rings. The van der Waals surface area contributed by atoms with Crippen molar-refractivity contribution in [3.05, 3.63) is 69.9 Å². The molecule has 3 aromatic rings. The van der Waals surface area contributed by atoms with E-state index in [4.69, 9.17) is 22.4 Å². The smallest absolute Gasteiger partial charge is 0.310 e. The Bertz CT molecular complexity index is 1180. The molecule has 2 aromatic carbocycles. The molecule has 30 heavy (non-hydrogen) atoms. The van der Waals surface area contributed by atoms with Crippen LogP contribution in [0.25, 0.3) is 22.4 Å². The third-order valence-electron chi connectivity index (χ3n) is 4.87. The second-order valence-corrected chi connectivity index (χ2v) is 7.36. The largest absolute Gasteiger partial charge is 0.481 e. The fourth-order valence-electron chi connectivity index (χ4n) is 3.18. The van der Waals surface area contributed by atoms with E-state index in [0.717, 1.165) is 0 Å². The maximum atomic E-state index is 15.0. The number of aromatic nitrogens is 2.